The van der Waals surface area contributed by atoms with Gasteiger partial charge in [0.1, 0.15) is 0 Å². The van der Waals surface area contributed by atoms with Crippen molar-refractivity contribution in [3.8, 4) is 0 Å². The number of nitrogens with one attached hydrogen (secondary N) is 2. The van der Waals surface area contributed by atoms with Crippen molar-refractivity contribution in [3.05, 3.63) is 42.1 Å². The first kappa shape index (κ1) is 14.4. The number of hydrogen-bond acceptors (Lipinski definition) is 3. The molecular weight excluding hydrogens is 268 g/mol. The van der Waals surface area contributed by atoms with Crippen LogP contribution in [0.1, 0.15) is 26.0 Å². The standard InChI is InChI=1S/C15H18N4S/c1-3-10-16-15(20)19-18-11(2)13-9-8-12-6-4-5-7-14(12)17-13/h4-9H,3,10H2,1-2H3,(H2,16,19,20)/b18-11-. The Bertz CT molecular complexity index is 637. The van der Waals surface area contributed by atoms with Gasteiger partial charge in [-0.15, -0.1) is 0 Å². The first-order chi connectivity index (χ1) is 9.70. The summed E-state index contributed by atoms with van der Waals surface area (Å²) in [5, 5.41) is 8.97. The molecule has 0 spiro atoms. The maximum absolute atomic E-state index is 5.12. The Balaban J connectivity index is 2.10. The smallest absolute Gasteiger partial charge is 0.186 e. The van der Waals surface area contributed by atoms with Gasteiger partial charge in [0.25, 0.3) is 0 Å². The lowest BCUT2D eigenvalue weighted by Crippen LogP contribution is -2.33. The largest absolute Gasteiger partial charge is 0.361 e. The Morgan fingerprint density at radius 1 is 1.25 bits per heavy atom. The second-order valence-electron chi connectivity index (χ2n) is 4.45. The van der Waals surface area contributed by atoms with E-state index in [2.05, 4.69) is 27.8 Å². The minimum absolute atomic E-state index is 0.534. The number of aromatic nitrogens is 1. The van der Waals surface area contributed by atoms with Crippen LogP contribution in [0, 0.1) is 0 Å². The summed E-state index contributed by atoms with van der Waals surface area (Å²) < 4.78 is 0. The predicted molar refractivity (Wildman–Crippen MR) is 88.0 cm³/mol. The highest BCUT2D eigenvalue weighted by molar-refractivity contribution is 7.80. The molecule has 2 aromatic rings. The van der Waals surface area contributed by atoms with Crippen LogP contribution < -0.4 is 10.7 Å². The van der Waals surface area contributed by atoms with E-state index in [0.717, 1.165) is 35.3 Å². The van der Waals surface area contributed by atoms with Crippen molar-refractivity contribution >= 4 is 33.9 Å². The summed E-state index contributed by atoms with van der Waals surface area (Å²) in [7, 11) is 0. The molecule has 0 aliphatic heterocycles. The van der Waals surface area contributed by atoms with Gasteiger partial charge in [-0.3, -0.25) is 5.43 Å². The van der Waals surface area contributed by atoms with E-state index >= 15 is 0 Å². The van der Waals surface area contributed by atoms with Crippen LogP contribution in [0.4, 0.5) is 0 Å². The molecule has 4 nitrogen and oxygen atoms in total. The van der Waals surface area contributed by atoms with Crippen LogP contribution in [0.2, 0.25) is 0 Å². The molecule has 1 aromatic carbocycles. The molecule has 2 N–H and O–H groups in total. The lowest BCUT2D eigenvalue weighted by molar-refractivity contribution is 0.816. The van der Waals surface area contributed by atoms with Crippen LogP contribution >= 0.6 is 12.2 Å². The van der Waals surface area contributed by atoms with Crippen molar-refractivity contribution in [3.63, 3.8) is 0 Å². The zero-order valence-electron chi connectivity index (χ0n) is 11.7. The van der Waals surface area contributed by atoms with E-state index in [0.29, 0.717) is 5.11 Å². The van der Waals surface area contributed by atoms with Crippen molar-refractivity contribution in [2.75, 3.05) is 6.54 Å². The van der Waals surface area contributed by atoms with Crippen molar-refractivity contribution in [2.24, 2.45) is 5.10 Å². The first-order valence-corrected chi connectivity index (χ1v) is 7.06. The van der Waals surface area contributed by atoms with Gasteiger partial charge >= 0.3 is 0 Å². The van der Waals surface area contributed by atoms with Crippen molar-refractivity contribution in [1.29, 1.82) is 0 Å². The summed E-state index contributed by atoms with van der Waals surface area (Å²) in [5.74, 6) is 0. The lowest BCUT2D eigenvalue weighted by atomic mass is 10.2. The summed E-state index contributed by atoms with van der Waals surface area (Å²) >= 11 is 5.12. The molecule has 0 amide bonds. The molecule has 0 fully saturated rings. The molecule has 0 saturated carbocycles. The molecule has 0 atom stereocenters. The maximum atomic E-state index is 5.12. The van der Waals surface area contributed by atoms with E-state index in [4.69, 9.17) is 12.2 Å². The Hall–Kier alpha value is -2.01. The number of para-hydroxylation sites is 1. The van der Waals surface area contributed by atoms with E-state index in [1.54, 1.807) is 0 Å². The van der Waals surface area contributed by atoms with Crippen LogP contribution in [0.15, 0.2) is 41.5 Å². The van der Waals surface area contributed by atoms with Gasteiger partial charge in [0, 0.05) is 11.9 Å². The fourth-order valence-corrected chi connectivity index (χ4v) is 1.89. The van der Waals surface area contributed by atoms with Gasteiger partial charge in [-0.1, -0.05) is 31.2 Å². The fraction of sp³-hybridized carbons (Fsp3) is 0.267. The highest BCUT2D eigenvalue weighted by atomic mass is 32.1. The summed E-state index contributed by atoms with van der Waals surface area (Å²) in [6.45, 7) is 4.84. The molecule has 0 aliphatic rings. The minimum Gasteiger partial charge on any atom is -0.361 e. The Labute approximate surface area is 124 Å². The molecule has 20 heavy (non-hydrogen) atoms. The number of nitrogens with zero attached hydrogens (tertiary/aromatic N) is 2. The van der Waals surface area contributed by atoms with E-state index in [1.165, 1.54) is 0 Å². The molecule has 5 heteroatoms. The molecule has 0 unspecified atom stereocenters. The fourth-order valence-electron chi connectivity index (χ4n) is 1.74. The van der Waals surface area contributed by atoms with Crippen LogP contribution in [-0.2, 0) is 0 Å². The van der Waals surface area contributed by atoms with Gasteiger partial charge in [-0.05, 0) is 37.7 Å². The van der Waals surface area contributed by atoms with Crippen LogP contribution in [0.5, 0.6) is 0 Å². The third-order valence-electron chi connectivity index (χ3n) is 2.83. The van der Waals surface area contributed by atoms with Gasteiger partial charge in [-0.25, -0.2) is 4.98 Å². The molecule has 2 rings (SSSR count). The van der Waals surface area contributed by atoms with E-state index in [9.17, 15) is 0 Å². The number of fused-ring (bicyclic) bond motifs is 1. The Kier molecular flexibility index (Phi) is 5.01. The second kappa shape index (κ2) is 6.96. The number of pyridine rings is 1. The molecule has 1 heterocycles. The lowest BCUT2D eigenvalue weighted by Gasteiger charge is -2.07. The molecule has 1 aromatic heterocycles. The zero-order chi connectivity index (χ0) is 14.4. The van der Waals surface area contributed by atoms with Gasteiger partial charge in [0.15, 0.2) is 5.11 Å². The summed E-state index contributed by atoms with van der Waals surface area (Å²) in [6.07, 6.45) is 1.02. The third-order valence-corrected chi connectivity index (χ3v) is 3.07. The van der Waals surface area contributed by atoms with E-state index in [-0.39, 0.29) is 0 Å². The molecular formula is C15H18N4S. The minimum atomic E-state index is 0.534. The van der Waals surface area contributed by atoms with Crippen LogP contribution in [-0.4, -0.2) is 22.4 Å². The predicted octanol–water partition coefficient (Wildman–Crippen LogP) is 2.83. The number of thiocarbonyl (C=S) groups is 1. The van der Waals surface area contributed by atoms with Crippen LogP contribution in [0.25, 0.3) is 10.9 Å². The Morgan fingerprint density at radius 2 is 2.05 bits per heavy atom. The number of hydrogen-bond donors (Lipinski definition) is 2. The molecule has 104 valence electrons. The van der Waals surface area contributed by atoms with Gasteiger partial charge < -0.3 is 5.32 Å². The Morgan fingerprint density at radius 3 is 2.85 bits per heavy atom. The van der Waals surface area contributed by atoms with Gasteiger partial charge in [0.2, 0.25) is 0 Å². The number of rotatable bonds is 4. The van der Waals surface area contributed by atoms with Crippen molar-refractivity contribution in [2.45, 2.75) is 20.3 Å². The topological polar surface area (TPSA) is 49.3 Å². The monoisotopic (exact) mass is 286 g/mol. The quantitative estimate of drug-likeness (QED) is 0.515. The summed E-state index contributed by atoms with van der Waals surface area (Å²) in [4.78, 5) is 4.58. The third kappa shape index (κ3) is 3.74. The van der Waals surface area contributed by atoms with Crippen molar-refractivity contribution in [1.82, 2.24) is 15.7 Å². The van der Waals surface area contributed by atoms with E-state index in [1.807, 2.05) is 43.3 Å². The highest BCUT2D eigenvalue weighted by Crippen LogP contribution is 2.12. The number of benzene rings is 1. The molecule has 0 aliphatic carbocycles. The van der Waals surface area contributed by atoms with Gasteiger partial charge in [-0.2, -0.15) is 5.10 Å². The average Bonchev–Trinajstić information content (AvgIpc) is 2.50. The molecule has 0 radical (unpaired) electrons. The normalized spacial score (nSPS) is 11.4. The molecule has 0 saturated heterocycles. The SMILES string of the molecule is CCCNC(=S)N/N=C(/C)c1ccc2ccccc2n1. The average molecular weight is 286 g/mol. The zero-order valence-corrected chi connectivity index (χ0v) is 12.5. The van der Waals surface area contributed by atoms with Crippen molar-refractivity contribution < 1.29 is 0 Å². The highest BCUT2D eigenvalue weighted by Gasteiger charge is 2.01. The van der Waals surface area contributed by atoms with Gasteiger partial charge in [0.05, 0.1) is 16.9 Å². The number of hydrazone groups is 1. The summed E-state index contributed by atoms with van der Waals surface area (Å²) in [6, 6.07) is 12.0. The second-order valence-corrected chi connectivity index (χ2v) is 4.86. The molecule has 0 bridgehead atoms. The van der Waals surface area contributed by atoms with E-state index < -0.39 is 0 Å². The first-order valence-electron chi connectivity index (χ1n) is 6.65. The summed E-state index contributed by atoms with van der Waals surface area (Å²) in [5.41, 5.74) is 5.44. The van der Waals surface area contributed by atoms with Crippen LogP contribution in [0.3, 0.4) is 0 Å². The maximum Gasteiger partial charge on any atom is 0.186 e.